The third-order valence-electron chi connectivity index (χ3n) is 2.65. The van der Waals surface area contributed by atoms with Crippen molar-refractivity contribution in [1.29, 1.82) is 0 Å². The first-order valence-corrected chi connectivity index (χ1v) is 7.66. The van der Waals surface area contributed by atoms with Gasteiger partial charge in [0.25, 0.3) is 0 Å². The highest BCUT2D eigenvalue weighted by molar-refractivity contribution is 8.22. The lowest BCUT2D eigenvalue weighted by molar-refractivity contribution is 1.42. The van der Waals surface area contributed by atoms with Crippen LogP contribution in [-0.2, 0) is 5.75 Å². The lowest BCUT2D eigenvalue weighted by atomic mass is 10.2. The summed E-state index contributed by atoms with van der Waals surface area (Å²) >= 11 is 12.9. The smallest absolute Gasteiger partial charge is 0.138 e. The fraction of sp³-hybridized carbons (Fsp3) is 0.133. The number of thioether (sulfide) groups is 1. The van der Waals surface area contributed by atoms with Crippen molar-refractivity contribution >= 4 is 45.6 Å². The Bertz CT molecular complexity index is 570. The molecule has 19 heavy (non-hydrogen) atoms. The van der Waals surface area contributed by atoms with Crippen LogP contribution in [0.5, 0.6) is 0 Å². The molecular weight excluding hydrogens is 294 g/mol. The van der Waals surface area contributed by atoms with E-state index < -0.39 is 0 Å². The molecule has 2 rings (SSSR count). The summed E-state index contributed by atoms with van der Waals surface area (Å²) in [7, 11) is 0. The van der Waals surface area contributed by atoms with Crippen LogP contribution in [0.3, 0.4) is 0 Å². The highest BCUT2D eigenvalue weighted by Crippen LogP contribution is 2.22. The minimum Gasteiger partial charge on any atom is -0.341 e. The zero-order chi connectivity index (χ0) is 13.7. The fourth-order valence-corrected chi connectivity index (χ4v) is 2.73. The molecule has 0 heterocycles. The first kappa shape index (κ1) is 14.4. The monoisotopic (exact) mass is 307 g/mol. The first-order valence-electron chi connectivity index (χ1n) is 5.89. The largest absolute Gasteiger partial charge is 0.341 e. The Morgan fingerprint density at radius 2 is 1.95 bits per heavy atom. The lowest BCUT2D eigenvalue weighted by Gasteiger charge is -2.10. The van der Waals surface area contributed by atoms with Crippen molar-refractivity contribution in [2.75, 3.05) is 5.32 Å². The molecule has 0 aromatic heterocycles. The average molecular weight is 308 g/mol. The molecule has 0 amide bonds. The Hall–Kier alpha value is -1.03. The van der Waals surface area contributed by atoms with Crippen LogP contribution in [0.2, 0.25) is 5.02 Å². The Morgan fingerprint density at radius 1 is 1.21 bits per heavy atom. The van der Waals surface area contributed by atoms with Gasteiger partial charge in [-0.15, -0.1) is 0 Å². The summed E-state index contributed by atoms with van der Waals surface area (Å²) in [6.45, 7) is 2.03. The SMILES string of the molecule is Cc1ccc(Cl)cc1NC(=S)SCc1ccccc1. The normalized spacial score (nSPS) is 10.2. The molecule has 0 aliphatic heterocycles. The van der Waals surface area contributed by atoms with Gasteiger partial charge >= 0.3 is 0 Å². The number of halogens is 1. The van der Waals surface area contributed by atoms with Crippen LogP contribution in [0.25, 0.3) is 0 Å². The van der Waals surface area contributed by atoms with Gasteiger partial charge in [0.05, 0.1) is 0 Å². The van der Waals surface area contributed by atoms with Crippen LogP contribution in [0, 0.1) is 6.92 Å². The second kappa shape index (κ2) is 6.94. The topological polar surface area (TPSA) is 12.0 Å². The van der Waals surface area contributed by atoms with Crippen molar-refractivity contribution < 1.29 is 0 Å². The van der Waals surface area contributed by atoms with Gasteiger partial charge in [-0.25, -0.2) is 0 Å². The molecule has 0 fully saturated rings. The van der Waals surface area contributed by atoms with Gasteiger partial charge in [-0.2, -0.15) is 0 Å². The first-order chi connectivity index (χ1) is 9.15. The van der Waals surface area contributed by atoms with E-state index in [2.05, 4.69) is 17.4 Å². The van der Waals surface area contributed by atoms with Crippen LogP contribution >= 0.6 is 35.6 Å². The van der Waals surface area contributed by atoms with Gasteiger partial charge in [-0.05, 0) is 30.2 Å². The van der Waals surface area contributed by atoms with Crippen LogP contribution in [0.4, 0.5) is 5.69 Å². The number of benzene rings is 2. The molecule has 2 aromatic carbocycles. The number of hydrogen-bond acceptors (Lipinski definition) is 2. The summed E-state index contributed by atoms with van der Waals surface area (Å²) in [5.41, 5.74) is 3.37. The van der Waals surface area contributed by atoms with Crippen molar-refractivity contribution in [3.63, 3.8) is 0 Å². The summed E-state index contributed by atoms with van der Waals surface area (Å²) in [4.78, 5) is 0. The van der Waals surface area contributed by atoms with E-state index in [1.807, 2.05) is 43.3 Å². The van der Waals surface area contributed by atoms with E-state index in [-0.39, 0.29) is 0 Å². The van der Waals surface area contributed by atoms with Gasteiger partial charge in [-0.1, -0.05) is 72.0 Å². The van der Waals surface area contributed by atoms with E-state index in [1.54, 1.807) is 11.8 Å². The van der Waals surface area contributed by atoms with Gasteiger partial charge in [0.15, 0.2) is 0 Å². The number of hydrogen-bond donors (Lipinski definition) is 1. The van der Waals surface area contributed by atoms with E-state index in [9.17, 15) is 0 Å². The molecule has 2 aromatic rings. The number of anilines is 1. The quantitative estimate of drug-likeness (QED) is 0.775. The summed E-state index contributed by atoms with van der Waals surface area (Å²) in [6, 6.07) is 16.0. The fourth-order valence-electron chi connectivity index (χ4n) is 1.60. The Kier molecular flexibility index (Phi) is 5.25. The van der Waals surface area contributed by atoms with Crippen molar-refractivity contribution in [2.45, 2.75) is 12.7 Å². The predicted octanol–water partition coefficient (Wildman–Crippen LogP) is 5.28. The zero-order valence-electron chi connectivity index (χ0n) is 10.5. The molecule has 0 saturated heterocycles. The van der Waals surface area contributed by atoms with Gasteiger partial charge in [0.2, 0.25) is 0 Å². The molecule has 0 unspecified atom stereocenters. The van der Waals surface area contributed by atoms with Crippen molar-refractivity contribution in [1.82, 2.24) is 0 Å². The summed E-state index contributed by atoms with van der Waals surface area (Å²) < 4.78 is 0.759. The maximum atomic E-state index is 5.98. The summed E-state index contributed by atoms with van der Waals surface area (Å²) in [5.74, 6) is 0.867. The Balaban J connectivity index is 1.93. The van der Waals surface area contributed by atoms with E-state index >= 15 is 0 Å². The molecule has 0 radical (unpaired) electrons. The van der Waals surface area contributed by atoms with Crippen LogP contribution < -0.4 is 5.32 Å². The number of thiocarbonyl (C=S) groups is 1. The Morgan fingerprint density at radius 3 is 2.68 bits per heavy atom. The van der Waals surface area contributed by atoms with E-state index in [0.29, 0.717) is 5.02 Å². The highest BCUT2D eigenvalue weighted by atomic mass is 35.5. The predicted molar refractivity (Wildman–Crippen MR) is 90.1 cm³/mol. The second-order valence-electron chi connectivity index (χ2n) is 4.15. The van der Waals surface area contributed by atoms with E-state index in [4.69, 9.17) is 23.8 Å². The van der Waals surface area contributed by atoms with Gasteiger partial charge < -0.3 is 5.32 Å². The molecular formula is C15H14ClNS2. The number of nitrogens with one attached hydrogen (secondary N) is 1. The average Bonchev–Trinajstić information content (AvgIpc) is 2.42. The second-order valence-corrected chi connectivity index (χ2v) is 6.23. The molecule has 1 nitrogen and oxygen atoms in total. The highest BCUT2D eigenvalue weighted by Gasteiger charge is 2.03. The molecule has 0 aliphatic rings. The van der Waals surface area contributed by atoms with E-state index in [1.165, 1.54) is 5.56 Å². The minimum absolute atomic E-state index is 0.712. The van der Waals surface area contributed by atoms with Gasteiger partial charge in [-0.3, -0.25) is 0 Å². The minimum atomic E-state index is 0.712. The van der Waals surface area contributed by atoms with Gasteiger partial charge in [0, 0.05) is 16.5 Å². The lowest BCUT2D eigenvalue weighted by Crippen LogP contribution is -2.06. The van der Waals surface area contributed by atoms with Crippen molar-refractivity contribution in [3.8, 4) is 0 Å². The van der Waals surface area contributed by atoms with E-state index in [0.717, 1.165) is 21.3 Å². The Labute approximate surface area is 128 Å². The van der Waals surface area contributed by atoms with Crippen LogP contribution in [-0.4, -0.2) is 4.32 Å². The maximum Gasteiger partial charge on any atom is 0.138 e. The summed E-state index contributed by atoms with van der Waals surface area (Å²) in [5, 5.41) is 3.94. The van der Waals surface area contributed by atoms with Crippen molar-refractivity contribution in [3.05, 3.63) is 64.7 Å². The number of aryl methyl sites for hydroxylation is 1. The number of rotatable bonds is 3. The molecule has 0 atom stereocenters. The maximum absolute atomic E-state index is 5.98. The molecule has 1 N–H and O–H groups in total. The van der Waals surface area contributed by atoms with Crippen molar-refractivity contribution in [2.24, 2.45) is 0 Å². The molecule has 4 heteroatoms. The zero-order valence-corrected chi connectivity index (χ0v) is 12.9. The van der Waals surface area contributed by atoms with Crippen LogP contribution in [0.15, 0.2) is 48.5 Å². The molecule has 0 aliphatic carbocycles. The van der Waals surface area contributed by atoms with Crippen LogP contribution in [0.1, 0.15) is 11.1 Å². The van der Waals surface area contributed by atoms with Gasteiger partial charge in [0.1, 0.15) is 4.32 Å². The third-order valence-corrected chi connectivity index (χ3v) is 4.18. The molecule has 0 saturated carbocycles. The standard InChI is InChI=1S/C15H14ClNS2/c1-11-7-8-13(16)9-14(11)17-15(18)19-10-12-5-3-2-4-6-12/h2-9H,10H2,1H3,(H,17,18). The molecule has 0 bridgehead atoms. The third kappa shape index (κ3) is 4.53. The summed E-state index contributed by atoms with van der Waals surface area (Å²) in [6.07, 6.45) is 0. The molecule has 98 valence electrons. The molecule has 0 spiro atoms.